The van der Waals surface area contributed by atoms with Crippen LogP contribution in [-0.4, -0.2) is 107 Å². The molecule has 336 valence electrons. The molecular formula is C41H63N5O14. The van der Waals surface area contributed by atoms with E-state index in [-0.39, 0.29) is 12.8 Å². The Balaban J connectivity index is 1.67. The number of primary amides is 1. The van der Waals surface area contributed by atoms with E-state index in [2.05, 4.69) is 29.5 Å². The van der Waals surface area contributed by atoms with Crippen molar-refractivity contribution in [3.63, 3.8) is 0 Å². The molecule has 4 heterocycles. The Morgan fingerprint density at radius 1 is 0.917 bits per heavy atom. The van der Waals surface area contributed by atoms with Gasteiger partial charge in [0.15, 0.2) is 24.2 Å². The average Bonchev–Trinajstić information content (AvgIpc) is 3.39. The second-order valence-electron chi connectivity index (χ2n) is 15.4. The molecule has 1 aromatic rings. The van der Waals surface area contributed by atoms with Crippen LogP contribution in [0.1, 0.15) is 129 Å². The first-order chi connectivity index (χ1) is 28.9. The van der Waals surface area contributed by atoms with E-state index in [0.717, 1.165) is 87.1 Å². The summed E-state index contributed by atoms with van der Waals surface area (Å²) >= 11 is 0. The highest BCUT2D eigenvalue weighted by molar-refractivity contribution is 5.96. The van der Waals surface area contributed by atoms with Gasteiger partial charge in [0.05, 0.1) is 0 Å². The van der Waals surface area contributed by atoms with Crippen LogP contribution in [0, 0.1) is 0 Å². The van der Waals surface area contributed by atoms with E-state index in [4.69, 9.17) is 34.2 Å². The molecule has 0 spiro atoms. The van der Waals surface area contributed by atoms with Gasteiger partial charge in [-0.3, -0.25) is 38.3 Å². The molecule has 6 N–H and O–H groups in total. The molecule has 0 radical (unpaired) electrons. The summed E-state index contributed by atoms with van der Waals surface area (Å²) in [7, 11) is 1.21. The summed E-state index contributed by atoms with van der Waals surface area (Å²) in [6, 6.07) is 0.105. The highest BCUT2D eigenvalue weighted by atomic mass is 16.7. The zero-order valence-electron chi connectivity index (χ0n) is 34.9. The number of aliphatic hydroxyl groups is 1. The number of methoxy groups -OCH3 is 1. The van der Waals surface area contributed by atoms with Crippen LogP contribution >= 0.6 is 0 Å². The number of amides is 3. The van der Waals surface area contributed by atoms with Crippen LogP contribution in [0.5, 0.6) is 0 Å². The SMILES string of the molecule is CCCCCCCCC(=O)OC1C=C(C(=O)NC2CCCCNC2=O)OC(OC(C(N)=O)C2OC(n3ccc(=O)[nH]c3=O)C(O)C2OC)C1OC(=O)CCCCCCCC. The molecule has 2 saturated heterocycles. The summed E-state index contributed by atoms with van der Waals surface area (Å²) in [5.41, 5.74) is 4.23. The summed E-state index contributed by atoms with van der Waals surface area (Å²) in [6.07, 6.45) is 1.75. The Labute approximate surface area is 349 Å². The predicted molar refractivity (Wildman–Crippen MR) is 214 cm³/mol. The van der Waals surface area contributed by atoms with E-state index in [1.807, 2.05) is 0 Å². The summed E-state index contributed by atoms with van der Waals surface area (Å²) in [5, 5.41) is 16.6. The van der Waals surface area contributed by atoms with Gasteiger partial charge in [0.25, 0.3) is 11.5 Å². The summed E-state index contributed by atoms with van der Waals surface area (Å²) in [4.78, 5) is 93.2. The zero-order chi connectivity index (χ0) is 43.6. The van der Waals surface area contributed by atoms with Gasteiger partial charge in [0, 0.05) is 44.8 Å². The van der Waals surface area contributed by atoms with E-state index < -0.39 is 102 Å². The minimum atomic E-state index is -1.88. The van der Waals surface area contributed by atoms with Gasteiger partial charge < -0.3 is 49.9 Å². The predicted octanol–water partition coefficient (Wildman–Crippen LogP) is 2.03. The molecule has 60 heavy (non-hydrogen) atoms. The van der Waals surface area contributed by atoms with E-state index in [1.54, 1.807) is 0 Å². The Kier molecular flexibility index (Phi) is 19.7. The third-order valence-electron chi connectivity index (χ3n) is 10.7. The smallest absolute Gasteiger partial charge is 0.330 e. The lowest BCUT2D eigenvalue weighted by Crippen LogP contribution is -2.56. The fraction of sp³-hybridized carbons (Fsp3) is 0.732. The molecule has 0 bridgehead atoms. The molecule has 19 heteroatoms. The molecule has 0 saturated carbocycles. The lowest BCUT2D eigenvalue weighted by Gasteiger charge is -2.38. The van der Waals surface area contributed by atoms with Crippen molar-refractivity contribution in [2.24, 2.45) is 5.73 Å². The number of nitrogens with two attached hydrogens (primary N) is 1. The van der Waals surface area contributed by atoms with Crippen molar-refractivity contribution in [2.75, 3.05) is 13.7 Å². The standard InChI is InChI=1S/C41H63N5O14/c1-4-6-8-10-12-14-19-29(48)56-26-24-27(38(53)44-25-18-16-17-22-43-37(25)52)57-40(32(26)58-30(49)20-15-13-11-9-7-5-2)60-35(36(42)51)34-33(55-3)31(50)39(59-34)46-23-21-28(47)45-41(46)54/h21,23-26,31-35,39-40,50H,4-20,22H2,1-3H3,(H2,42,51)(H,43,52)(H,44,53)(H,45,47,54). The number of ether oxygens (including phenoxy) is 6. The molecule has 3 amide bonds. The number of carbonyl (C=O) groups is 5. The molecule has 4 rings (SSSR count). The van der Waals surface area contributed by atoms with Crippen molar-refractivity contribution >= 4 is 29.7 Å². The maximum absolute atomic E-state index is 13.8. The lowest BCUT2D eigenvalue weighted by atomic mass is 10.0. The molecule has 3 aliphatic heterocycles. The number of carbonyl (C=O) groups excluding carboxylic acids is 5. The van der Waals surface area contributed by atoms with E-state index in [1.165, 1.54) is 7.11 Å². The van der Waals surface area contributed by atoms with Gasteiger partial charge in [0.1, 0.15) is 24.4 Å². The maximum Gasteiger partial charge on any atom is 0.330 e. The molecule has 0 aliphatic carbocycles. The largest absolute Gasteiger partial charge is 0.455 e. The van der Waals surface area contributed by atoms with E-state index >= 15 is 0 Å². The number of hydrogen-bond acceptors (Lipinski definition) is 14. The second-order valence-corrected chi connectivity index (χ2v) is 15.4. The summed E-state index contributed by atoms with van der Waals surface area (Å²) in [6.45, 7) is 4.64. The van der Waals surface area contributed by atoms with Gasteiger partial charge >= 0.3 is 17.6 Å². The monoisotopic (exact) mass is 849 g/mol. The topological polar surface area (TPSA) is 266 Å². The van der Waals surface area contributed by atoms with Crippen molar-refractivity contribution in [2.45, 2.75) is 178 Å². The van der Waals surface area contributed by atoms with Gasteiger partial charge in [-0.1, -0.05) is 78.1 Å². The highest BCUT2D eigenvalue weighted by Crippen LogP contribution is 2.35. The summed E-state index contributed by atoms with van der Waals surface area (Å²) in [5.74, 6) is -4.27. The lowest BCUT2D eigenvalue weighted by molar-refractivity contribution is -0.250. The van der Waals surface area contributed by atoms with E-state index in [9.17, 15) is 38.7 Å². The highest BCUT2D eigenvalue weighted by Gasteiger charge is 2.53. The van der Waals surface area contributed by atoms with Crippen LogP contribution in [-0.2, 0) is 52.4 Å². The molecule has 2 fully saturated rings. The van der Waals surface area contributed by atoms with Crippen molar-refractivity contribution in [3.8, 4) is 0 Å². The van der Waals surface area contributed by atoms with Gasteiger partial charge in [-0.05, 0) is 32.1 Å². The first-order valence-electron chi connectivity index (χ1n) is 21.4. The fourth-order valence-corrected chi connectivity index (χ4v) is 7.42. The Bertz CT molecular complexity index is 1730. The molecular weight excluding hydrogens is 786 g/mol. The van der Waals surface area contributed by atoms with Crippen molar-refractivity contribution < 1.29 is 57.5 Å². The summed E-state index contributed by atoms with van der Waals surface area (Å²) < 4.78 is 36.3. The van der Waals surface area contributed by atoms with Crippen LogP contribution in [0.15, 0.2) is 33.7 Å². The van der Waals surface area contributed by atoms with E-state index in [0.29, 0.717) is 38.6 Å². The number of rotatable bonds is 24. The Morgan fingerprint density at radius 2 is 1.55 bits per heavy atom. The number of hydrogen-bond donors (Lipinski definition) is 5. The van der Waals surface area contributed by atoms with Crippen LogP contribution < -0.4 is 27.6 Å². The van der Waals surface area contributed by atoms with Gasteiger partial charge in [-0.15, -0.1) is 0 Å². The number of nitrogens with zero attached hydrogens (tertiary/aromatic N) is 1. The number of aromatic amines is 1. The third-order valence-corrected chi connectivity index (χ3v) is 10.7. The van der Waals surface area contributed by atoms with Crippen LogP contribution in [0.4, 0.5) is 0 Å². The third kappa shape index (κ3) is 14.0. The molecule has 9 atom stereocenters. The minimum absolute atomic E-state index is 0.0137. The second kappa shape index (κ2) is 24.6. The number of aliphatic hydroxyl groups excluding tert-OH is 1. The number of H-pyrrole nitrogens is 1. The Hall–Kier alpha value is -4.59. The van der Waals surface area contributed by atoms with Crippen molar-refractivity contribution in [1.82, 2.24) is 20.2 Å². The van der Waals surface area contributed by atoms with Crippen LogP contribution in [0.3, 0.4) is 0 Å². The Morgan fingerprint density at radius 3 is 2.17 bits per heavy atom. The number of esters is 2. The first kappa shape index (κ1) is 48.1. The fourth-order valence-electron chi connectivity index (χ4n) is 7.42. The number of unbranched alkanes of at least 4 members (excludes halogenated alkanes) is 10. The minimum Gasteiger partial charge on any atom is -0.455 e. The van der Waals surface area contributed by atoms with Crippen LogP contribution in [0.25, 0.3) is 0 Å². The van der Waals surface area contributed by atoms with Gasteiger partial charge in [-0.2, -0.15) is 0 Å². The normalized spacial score (nSPS) is 25.9. The maximum atomic E-state index is 13.8. The van der Waals surface area contributed by atoms with Gasteiger partial charge in [0.2, 0.25) is 24.2 Å². The first-order valence-corrected chi connectivity index (χ1v) is 21.4. The van der Waals surface area contributed by atoms with Gasteiger partial charge in [-0.25, -0.2) is 4.79 Å². The molecule has 3 aliphatic rings. The molecule has 1 aromatic heterocycles. The number of aromatic nitrogens is 2. The quantitative estimate of drug-likeness (QED) is 0.0737. The molecule has 0 aromatic carbocycles. The number of nitrogens with one attached hydrogen (secondary N) is 3. The van der Waals surface area contributed by atoms with Crippen molar-refractivity contribution in [3.05, 3.63) is 44.9 Å². The van der Waals surface area contributed by atoms with Crippen molar-refractivity contribution in [1.29, 1.82) is 0 Å². The van der Waals surface area contributed by atoms with Crippen LogP contribution in [0.2, 0.25) is 0 Å². The average molecular weight is 850 g/mol. The molecule has 19 nitrogen and oxygen atoms in total. The molecule has 9 unspecified atom stereocenters. The zero-order valence-corrected chi connectivity index (χ0v) is 34.9.